The van der Waals surface area contributed by atoms with E-state index < -0.39 is 126 Å². The highest BCUT2D eigenvalue weighted by Gasteiger charge is 2.50. The number of ether oxygens (including phenoxy) is 5. The van der Waals surface area contributed by atoms with Gasteiger partial charge in [0, 0.05) is 53.4 Å². The minimum absolute atomic E-state index is 0.0336. The number of aliphatic hydroxyl groups is 3. The lowest BCUT2D eigenvalue weighted by atomic mass is 9.72. The first-order valence-corrected chi connectivity index (χ1v) is 27.1. The predicted molar refractivity (Wildman–Crippen MR) is 298 cm³/mol. The first-order chi connectivity index (χ1) is 39.7. The second-order valence-electron chi connectivity index (χ2n) is 20.9. The van der Waals surface area contributed by atoms with Crippen LogP contribution >= 0.6 is 0 Å². The largest absolute Gasteiger partial charge is 0.507 e. The molecule has 0 aromatic heterocycles. The van der Waals surface area contributed by atoms with Gasteiger partial charge in [0.2, 0.25) is 17.6 Å². The van der Waals surface area contributed by atoms with Gasteiger partial charge in [-0.2, -0.15) is 0 Å². The molecule has 0 unspecified atom stereocenters. The van der Waals surface area contributed by atoms with E-state index in [4.69, 9.17) is 35.2 Å². The highest BCUT2D eigenvalue weighted by atomic mass is 16.7. The van der Waals surface area contributed by atoms with Crippen LogP contribution in [0.15, 0.2) is 97.1 Å². The molecule has 2 aliphatic carbocycles. The summed E-state index contributed by atoms with van der Waals surface area (Å²) in [4.78, 5) is 93.7. The molecule has 83 heavy (non-hydrogen) atoms. The molecule has 3 aliphatic rings. The number of rotatable bonds is 22. The van der Waals surface area contributed by atoms with Crippen LogP contribution in [0.25, 0.3) is 0 Å². The number of aliphatic hydroxyl groups excluding tert-OH is 2. The van der Waals surface area contributed by atoms with Crippen molar-refractivity contribution in [3.63, 3.8) is 0 Å². The van der Waals surface area contributed by atoms with Crippen LogP contribution in [-0.4, -0.2) is 129 Å². The Labute approximate surface area is 477 Å². The van der Waals surface area contributed by atoms with Crippen molar-refractivity contribution in [3.8, 4) is 17.2 Å². The second kappa shape index (κ2) is 26.7. The summed E-state index contributed by atoms with van der Waals surface area (Å²) >= 11 is 0. The molecular formula is C60H68N6O17. The molecule has 1 saturated heterocycles. The molecular weight excluding hydrogens is 1080 g/mol. The molecule has 8 rings (SSSR count). The number of hydrogen-bond donors (Lipinski definition) is 11. The number of phenols is 2. The average molecular weight is 1150 g/mol. The third-order valence-electron chi connectivity index (χ3n) is 15.1. The maximum Gasteiger partial charge on any atom is 0.411 e. The van der Waals surface area contributed by atoms with Gasteiger partial charge in [-0.3, -0.25) is 29.3 Å². The molecule has 440 valence electrons. The number of methoxy groups -OCH3 is 1. The normalized spacial score (nSPS) is 20.9. The summed E-state index contributed by atoms with van der Waals surface area (Å²) in [5.74, 6) is -5.53. The van der Waals surface area contributed by atoms with Gasteiger partial charge >= 0.3 is 12.2 Å². The highest BCUT2D eigenvalue weighted by molar-refractivity contribution is 6.31. The van der Waals surface area contributed by atoms with Crippen molar-refractivity contribution >= 4 is 52.7 Å². The monoisotopic (exact) mass is 1140 g/mol. The number of carbonyl (C=O) groups excluding carboxylic acids is 7. The third kappa shape index (κ3) is 14.0. The van der Waals surface area contributed by atoms with Crippen molar-refractivity contribution in [2.45, 2.75) is 120 Å². The summed E-state index contributed by atoms with van der Waals surface area (Å²) in [6.07, 6.45) is -6.19. The smallest absolute Gasteiger partial charge is 0.411 e. The number of Topliss-reactive ketones (excluding diaryl/α,β-unsaturated/α-hetero) is 1. The van der Waals surface area contributed by atoms with E-state index in [0.717, 1.165) is 5.56 Å². The van der Waals surface area contributed by atoms with Gasteiger partial charge in [-0.05, 0) is 86.7 Å². The number of benzene rings is 5. The number of nitrogens with two attached hydrogens (primary N) is 2. The molecule has 4 amide bonds. The number of unbranched alkanes of at least 4 members (excludes halogenated alkanes) is 1. The quantitative estimate of drug-likeness (QED) is 0.0330. The van der Waals surface area contributed by atoms with E-state index in [1.54, 1.807) is 55.5 Å². The number of amides is 4. The number of anilines is 2. The Kier molecular flexibility index (Phi) is 19.6. The number of phenolic OH excluding ortho intramolecular Hbond substituents is 2. The van der Waals surface area contributed by atoms with E-state index in [-0.39, 0.29) is 59.5 Å². The molecule has 1 aliphatic heterocycles. The molecule has 13 N–H and O–H groups in total. The van der Waals surface area contributed by atoms with Crippen molar-refractivity contribution in [2.75, 3.05) is 30.9 Å². The molecule has 1 fully saturated rings. The van der Waals surface area contributed by atoms with Crippen LogP contribution in [0.2, 0.25) is 0 Å². The SMILES string of the molecule is COc1cccc2c1C(=O)c1c(O)c3c(c(O)c1C2=O)C[C@@](O)(C(=O)CO)C[C@@H]3O[C@H]1C[C@H](NC(=O)OCc2ccc(NC(=O)OCc3ccc(NC(=O)[C@H](CCCCN)[C@@H](Cc4ccccc4)NC(=O)[C@H](C)N)cc3)cc2)[C@H](O)[C@H](C)O1. The number of alkyl carbamates (subject to hydrolysis) is 1. The lowest BCUT2D eigenvalue weighted by Crippen LogP contribution is -2.56. The molecule has 0 bridgehead atoms. The zero-order valence-corrected chi connectivity index (χ0v) is 45.9. The Morgan fingerprint density at radius 1 is 0.783 bits per heavy atom. The van der Waals surface area contributed by atoms with Gasteiger partial charge in [0.1, 0.15) is 48.8 Å². The summed E-state index contributed by atoms with van der Waals surface area (Å²) in [5, 5.41) is 67.4. The maximum atomic E-state index is 14.1. The highest BCUT2D eigenvalue weighted by Crippen LogP contribution is 2.52. The number of carbonyl (C=O) groups is 7. The van der Waals surface area contributed by atoms with E-state index in [1.807, 2.05) is 30.3 Å². The van der Waals surface area contributed by atoms with E-state index in [1.165, 1.54) is 32.2 Å². The van der Waals surface area contributed by atoms with Crippen molar-refractivity contribution in [1.82, 2.24) is 10.6 Å². The van der Waals surface area contributed by atoms with Crippen LogP contribution < -0.4 is 37.5 Å². The van der Waals surface area contributed by atoms with Crippen molar-refractivity contribution in [2.24, 2.45) is 17.4 Å². The second-order valence-corrected chi connectivity index (χ2v) is 20.9. The first-order valence-electron chi connectivity index (χ1n) is 27.1. The van der Waals surface area contributed by atoms with Crippen molar-refractivity contribution < 1.29 is 82.8 Å². The van der Waals surface area contributed by atoms with Crippen molar-refractivity contribution in [3.05, 3.63) is 147 Å². The summed E-state index contributed by atoms with van der Waals surface area (Å²) < 4.78 is 28.4. The van der Waals surface area contributed by atoms with Gasteiger partial charge < -0.3 is 76.6 Å². The van der Waals surface area contributed by atoms with E-state index in [0.29, 0.717) is 54.7 Å². The van der Waals surface area contributed by atoms with Gasteiger partial charge in [-0.1, -0.05) is 73.2 Å². The fourth-order valence-electron chi connectivity index (χ4n) is 10.6. The van der Waals surface area contributed by atoms with E-state index in [2.05, 4.69) is 21.3 Å². The minimum atomic E-state index is -2.40. The summed E-state index contributed by atoms with van der Waals surface area (Å²) in [5.41, 5.74) is 10.3. The number of ketones is 3. The zero-order valence-electron chi connectivity index (χ0n) is 45.9. The lowest BCUT2D eigenvalue weighted by molar-refractivity contribution is -0.249. The van der Waals surface area contributed by atoms with Gasteiger partial charge in [-0.15, -0.1) is 0 Å². The van der Waals surface area contributed by atoms with Crippen LogP contribution in [0.3, 0.4) is 0 Å². The minimum Gasteiger partial charge on any atom is -0.507 e. The van der Waals surface area contributed by atoms with Gasteiger partial charge in [0.25, 0.3) is 0 Å². The summed E-state index contributed by atoms with van der Waals surface area (Å²) in [6, 6.07) is 24.5. The lowest BCUT2D eigenvalue weighted by Gasteiger charge is -2.42. The van der Waals surface area contributed by atoms with E-state index in [9.17, 15) is 59.1 Å². The molecule has 23 heteroatoms. The molecule has 0 saturated carbocycles. The molecule has 5 aromatic carbocycles. The third-order valence-corrected chi connectivity index (χ3v) is 15.1. The fourth-order valence-corrected chi connectivity index (χ4v) is 10.6. The Balaban J connectivity index is 0.843. The standard InChI is InChI=1S/C60H68N6O17/c1-31(62)56(74)65-41(24-33-10-5-4-6-11-33)38(12-7-8-23-61)57(75)63-36-19-15-34(16-20-36)29-80-58(76)64-37-21-17-35(18-22-37)30-81-59(77)66-42-25-46(82-32(2)51(42)69)83-44-27-60(78,45(68)28-67)26-40-48(44)55(73)50-49(53(40)71)52(70)39-13-9-14-43(79-3)47(39)54(50)72/h4-6,9-11,13-22,31-32,38,41-42,44,46,51,67,69,71,73,78H,7-8,12,23-30,61-62H2,1-3H3,(H,63,75)(H,64,76)(H,65,74)(H,66,77)/t31-,32-,38+,41+,42-,44-,46-,51+,60-/m0/s1. The number of fused-ring (bicyclic) bond motifs is 3. The zero-order chi connectivity index (χ0) is 59.7. The van der Waals surface area contributed by atoms with Crippen LogP contribution in [0, 0.1) is 5.92 Å². The predicted octanol–water partition coefficient (Wildman–Crippen LogP) is 4.48. The molecule has 9 atom stereocenters. The van der Waals surface area contributed by atoms with Gasteiger partial charge in [0.15, 0.2) is 17.9 Å². The maximum absolute atomic E-state index is 14.1. The van der Waals surface area contributed by atoms with Gasteiger partial charge in [-0.25, -0.2) is 9.59 Å². The van der Waals surface area contributed by atoms with Crippen LogP contribution in [0.5, 0.6) is 17.2 Å². The Bertz CT molecular complexity index is 3210. The van der Waals surface area contributed by atoms with Gasteiger partial charge in [0.05, 0.1) is 54.0 Å². The Hall–Kier alpha value is -8.29. The number of hydrogen-bond acceptors (Lipinski definition) is 19. The fraction of sp³-hybridized carbons (Fsp3) is 0.383. The molecule has 0 radical (unpaired) electrons. The van der Waals surface area contributed by atoms with Crippen molar-refractivity contribution in [1.29, 1.82) is 0 Å². The van der Waals surface area contributed by atoms with Crippen LogP contribution in [0.4, 0.5) is 21.0 Å². The Morgan fingerprint density at radius 2 is 1.42 bits per heavy atom. The number of nitrogens with one attached hydrogen (secondary N) is 4. The molecule has 0 spiro atoms. The molecule has 23 nitrogen and oxygen atoms in total. The topological polar surface area (TPSA) is 367 Å². The summed E-state index contributed by atoms with van der Waals surface area (Å²) in [6.45, 7) is 2.07. The molecule has 5 aromatic rings. The Morgan fingerprint density at radius 3 is 2.05 bits per heavy atom. The first kappa shape index (κ1) is 60.8. The number of aromatic hydroxyl groups is 2. The van der Waals surface area contributed by atoms with E-state index >= 15 is 0 Å². The average Bonchev–Trinajstić information content (AvgIpc) is 1.28. The van der Waals surface area contributed by atoms with Crippen LogP contribution in [-0.2, 0) is 59.4 Å². The van der Waals surface area contributed by atoms with Crippen LogP contribution in [0.1, 0.15) is 112 Å². The molecule has 1 heterocycles. The summed E-state index contributed by atoms with van der Waals surface area (Å²) in [7, 11) is 1.29.